The quantitative estimate of drug-likeness (QED) is 0.506. The third kappa shape index (κ3) is 3.51. The second kappa shape index (κ2) is 5.47. The van der Waals surface area contributed by atoms with Gasteiger partial charge in [-0.1, -0.05) is 0 Å². The van der Waals surface area contributed by atoms with E-state index in [1.54, 1.807) is 0 Å². The van der Waals surface area contributed by atoms with E-state index in [1.807, 2.05) is 5.32 Å². The lowest BCUT2D eigenvalue weighted by Crippen LogP contribution is -2.35. The molecule has 10 heteroatoms. The van der Waals surface area contributed by atoms with Crippen LogP contribution >= 0.6 is 0 Å². The predicted molar refractivity (Wildman–Crippen MR) is 55.0 cm³/mol. The highest BCUT2D eigenvalue weighted by Crippen LogP contribution is 2.24. The van der Waals surface area contributed by atoms with E-state index in [9.17, 15) is 27.7 Å². The number of rotatable bonds is 5. The summed E-state index contributed by atoms with van der Waals surface area (Å²) in [6.45, 7) is -1.40. The largest absolute Gasteiger partial charge is 0.364 e. The molecule has 1 N–H and O–H groups in total. The Morgan fingerprint density at radius 1 is 1.53 bits per heavy atom. The molecule has 1 rings (SSSR count). The van der Waals surface area contributed by atoms with Crippen LogP contribution in [0.15, 0.2) is 12.1 Å². The van der Waals surface area contributed by atoms with Crippen molar-refractivity contribution in [1.82, 2.24) is 4.98 Å². The van der Waals surface area contributed by atoms with Crippen molar-refractivity contribution in [2.45, 2.75) is 12.3 Å². The van der Waals surface area contributed by atoms with E-state index in [4.69, 9.17) is 5.26 Å². The number of alkyl halides is 4. The van der Waals surface area contributed by atoms with Gasteiger partial charge in [-0.05, 0) is 6.07 Å². The normalized spacial score (nSPS) is 11.2. The van der Waals surface area contributed by atoms with Crippen molar-refractivity contribution < 1.29 is 22.5 Å². The Morgan fingerprint density at radius 2 is 2.16 bits per heavy atom. The zero-order valence-electron chi connectivity index (χ0n) is 9.11. The molecule has 0 aliphatic rings. The van der Waals surface area contributed by atoms with Crippen LogP contribution in [0.4, 0.5) is 29.1 Å². The lowest BCUT2D eigenvalue weighted by molar-refractivity contribution is -0.385. The first-order valence-corrected chi connectivity index (χ1v) is 4.73. The minimum atomic E-state index is -4.27. The van der Waals surface area contributed by atoms with E-state index < -0.39 is 35.2 Å². The standard InChI is InChI=1S/C9H6F4N4O2/c10-8(11)9(12,13)4-15-7-2-1-6(17(18)19)5(3-14)16-7/h1-2,8H,4H2,(H,15,16). The Hall–Kier alpha value is -2.44. The van der Waals surface area contributed by atoms with Crippen LogP contribution in [0.5, 0.6) is 0 Å². The number of aromatic nitrogens is 1. The van der Waals surface area contributed by atoms with Crippen LogP contribution in [0.2, 0.25) is 0 Å². The second-order valence-corrected chi connectivity index (χ2v) is 3.35. The zero-order chi connectivity index (χ0) is 14.6. The minimum absolute atomic E-state index is 0.331. The number of nitriles is 1. The third-order valence-electron chi connectivity index (χ3n) is 2.00. The number of halogens is 4. The van der Waals surface area contributed by atoms with Crippen LogP contribution in [0.1, 0.15) is 5.69 Å². The SMILES string of the molecule is N#Cc1nc(NCC(F)(F)C(F)F)ccc1[N+](=O)[O-]. The Morgan fingerprint density at radius 3 is 2.63 bits per heavy atom. The van der Waals surface area contributed by atoms with Gasteiger partial charge in [0.05, 0.1) is 11.5 Å². The monoisotopic (exact) mass is 278 g/mol. The summed E-state index contributed by atoms with van der Waals surface area (Å²) in [6, 6.07) is 3.22. The average molecular weight is 278 g/mol. The van der Waals surface area contributed by atoms with Crippen LogP contribution in [0.25, 0.3) is 0 Å². The van der Waals surface area contributed by atoms with Crippen LogP contribution in [-0.4, -0.2) is 28.8 Å². The molecule has 1 aromatic rings. The molecule has 0 saturated heterocycles. The smallest absolute Gasteiger partial charge is 0.324 e. The van der Waals surface area contributed by atoms with Crippen LogP contribution in [0, 0.1) is 21.4 Å². The Bertz CT molecular complexity index is 529. The van der Waals surface area contributed by atoms with Crippen LogP contribution in [-0.2, 0) is 0 Å². The molecule has 102 valence electrons. The fourth-order valence-corrected chi connectivity index (χ4v) is 1.07. The summed E-state index contributed by atoms with van der Waals surface area (Å²) in [5.41, 5.74) is -1.20. The van der Waals surface area contributed by atoms with Crippen LogP contribution in [0.3, 0.4) is 0 Å². The molecule has 0 spiro atoms. The number of pyridine rings is 1. The van der Waals surface area contributed by atoms with Crippen molar-refractivity contribution >= 4 is 11.5 Å². The molecule has 1 aromatic heterocycles. The van der Waals surface area contributed by atoms with Crippen molar-refractivity contribution in [2.24, 2.45) is 0 Å². The van der Waals surface area contributed by atoms with E-state index in [0.29, 0.717) is 0 Å². The van der Waals surface area contributed by atoms with Gasteiger partial charge < -0.3 is 5.32 Å². The molecular formula is C9H6F4N4O2. The van der Waals surface area contributed by atoms with Gasteiger partial charge in [-0.15, -0.1) is 0 Å². The molecule has 0 amide bonds. The van der Waals surface area contributed by atoms with E-state index in [0.717, 1.165) is 12.1 Å². The lowest BCUT2D eigenvalue weighted by Gasteiger charge is -2.15. The first-order chi connectivity index (χ1) is 8.77. The molecule has 0 unspecified atom stereocenters. The van der Waals surface area contributed by atoms with Gasteiger partial charge in [0.15, 0.2) is 0 Å². The molecule has 6 nitrogen and oxygen atoms in total. The van der Waals surface area contributed by atoms with Gasteiger partial charge in [0.25, 0.3) is 0 Å². The molecule has 0 aliphatic heterocycles. The minimum Gasteiger partial charge on any atom is -0.364 e. The fourth-order valence-electron chi connectivity index (χ4n) is 1.07. The number of nitro groups is 1. The van der Waals surface area contributed by atoms with E-state index in [2.05, 4.69) is 4.98 Å². The highest BCUT2D eigenvalue weighted by Gasteiger charge is 2.40. The Balaban J connectivity index is 2.88. The molecule has 0 saturated carbocycles. The molecule has 0 aromatic carbocycles. The molecule has 19 heavy (non-hydrogen) atoms. The molecule has 0 atom stereocenters. The van der Waals surface area contributed by atoms with Gasteiger partial charge in [-0.25, -0.2) is 13.8 Å². The molecular weight excluding hydrogens is 272 g/mol. The highest BCUT2D eigenvalue weighted by atomic mass is 19.3. The number of hydrogen-bond donors (Lipinski definition) is 1. The van der Waals surface area contributed by atoms with Crippen molar-refractivity contribution in [2.75, 3.05) is 11.9 Å². The maximum Gasteiger partial charge on any atom is 0.324 e. The molecule has 0 aliphatic carbocycles. The third-order valence-corrected chi connectivity index (χ3v) is 2.00. The summed E-state index contributed by atoms with van der Waals surface area (Å²) in [5.74, 6) is -4.60. The van der Waals surface area contributed by atoms with Gasteiger partial charge >= 0.3 is 18.0 Å². The topological polar surface area (TPSA) is 91.8 Å². The van der Waals surface area contributed by atoms with Gasteiger partial charge in [0.1, 0.15) is 11.9 Å². The van der Waals surface area contributed by atoms with Crippen molar-refractivity contribution in [3.05, 3.63) is 27.9 Å². The van der Waals surface area contributed by atoms with Crippen molar-refractivity contribution in [3.63, 3.8) is 0 Å². The average Bonchev–Trinajstić information content (AvgIpc) is 2.35. The summed E-state index contributed by atoms with van der Waals surface area (Å²) in [6.07, 6.45) is -3.85. The maximum absolute atomic E-state index is 12.6. The number of anilines is 1. The van der Waals surface area contributed by atoms with Crippen molar-refractivity contribution in [3.8, 4) is 6.07 Å². The maximum atomic E-state index is 12.6. The summed E-state index contributed by atoms with van der Waals surface area (Å²) >= 11 is 0. The molecule has 0 bridgehead atoms. The summed E-state index contributed by atoms with van der Waals surface area (Å²) in [7, 11) is 0. The molecule has 1 heterocycles. The van der Waals surface area contributed by atoms with E-state index >= 15 is 0 Å². The Labute approximate surface area is 103 Å². The second-order valence-electron chi connectivity index (χ2n) is 3.35. The van der Waals surface area contributed by atoms with Gasteiger partial charge in [0.2, 0.25) is 5.69 Å². The molecule has 0 fully saturated rings. The summed E-state index contributed by atoms with van der Waals surface area (Å²) in [4.78, 5) is 13.0. The Kier molecular flexibility index (Phi) is 4.21. The molecule has 0 radical (unpaired) electrons. The lowest BCUT2D eigenvalue weighted by atomic mass is 10.3. The van der Waals surface area contributed by atoms with E-state index in [1.165, 1.54) is 6.07 Å². The zero-order valence-corrected chi connectivity index (χ0v) is 9.11. The highest BCUT2D eigenvalue weighted by molar-refractivity contribution is 5.50. The number of hydrogen-bond acceptors (Lipinski definition) is 5. The van der Waals surface area contributed by atoms with Gasteiger partial charge in [-0.2, -0.15) is 14.0 Å². The number of nitrogens with one attached hydrogen (secondary N) is 1. The first kappa shape index (κ1) is 14.6. The van der Waals surface area contributed by atoms with E-state index in [-0.39, 0.29) is 5.82 Å². The van der Waals surface area contributed by atoms with Gasteiger partial charge in [0, 0.05) is 6.07 Å². The number of nitrogens with zero attached hydrogens (tertiary/aromatic N) is 3. The van der Waals surface area contributed by atoms with Crippen molar-refractivity contribution in [1.29, 1.82) is 5.26 Å². The van der Waals surface area contributed by atoms with Crippen LogP contribution < -0.4 is 5.32 Å². The van der Waals surface area contributed by atoms with Gasteiger partial charge in [-0.3, -0.25) is 10.1 Å². The predicted octanol–water partition coefficient (Wildman–Crippen LogP) is 2.17. The fraction of sp³-hybridized carbons (Fsp3) is 0.333. The summed E-state index contributed by atoms with van der Waals surface area (Å²) in [5, 5.41) is 21.0. The summed E-state index contributed by atoms with van der Waals surface area (Å²) < 4.78 is 49.0. The first-order valence-electron chi connectivity index (χ1n) is 4.73.